The van der Waals surface area contributed by atoms with E-state index in [2.05, 4.69) is 17.5 Å². The van der Waals surface area contributed by atoms with Gasteiger partial charge in [-0.3, -0.25) is 4.79 Å². The molecule has 0 bridgehead atoms. The predicted molar refractivity (Wildman–Crippen MR) is 76.3 cm³/mol. The third-order valence-electron chi connectivity index (χ3n) is 2.70. The zero-order valence-corrected chi connectivity index (χ0v) is 12.2. The molecule has 0 aliphatic heterocycles. The van der Waals surface area contributed by atoms with Crippen molar-refractivity contribution in [1.29, 1.82) is 0 Å². The number of nitrogens with one attached hydrogen (secondary N) is 1. The first-order valence-electron chi connectivity index (χ1n) is 6.67. The summed E-state index contributed by atoms with van der Waals surface area (Å²) in [6, 6.07) is 0. The van der Waals surface area contributed by atoms with Gasteiger partial charge in [0, 0.05) is 5.57 Å². The first-order chi connectivity index (χ1) is 8.68. The molecular weight excluding hydrogens is 245 g/mol. The fourth-order valence-corrected chi connectivity index (χ4v) is 1.86. The molecule has 0 aliphatic carbocycles. The average molecular weight is 269 g/mol. The van der Waals surface area contributed by atoms with Gasteiger partial charge in [0.25, 0.3) is 0 Å². The van der Waals surface area contributed by atoms with Gasteiger partial charge in [-0.2, -0.15) is 0 Å². The summed E-state index contributed by atoms with van der Waals surface area (Å²) in [5, 5.41) is 2.83. The molecule has 1 N–H and O–H groups in total. The molecule has 0 saturated heterocycles. The molecule has 0 rings (SSSR count). The molecule has 0 aromatic heterocycles. The Kier molecular flexibility index (Phi) is 12.1. The Morgan fingerprint density at radius 1 is 1.11 bits per heavy atom. The fraction of sp³-hybridized carbons (Fsp3) is 0.714. The van der Waals surface area contributed by atoms with Gasteiger partial charge < -0.3 is 0 Å². The van der Waals surface area contributed by atoms with Crippen molar-refractivity contribution < 1.29 is 9.36 Å². The van der Waals surface area contributed by atoms with Gasteiger partial charge in [-0.1, -0.05) is 6.58 Å². The predicted octanol–water partition coefficient (Wildman–Crippen LogP) is 4.05. The van der Waals surface area contributed by atoms with Crippen LogP contribution in [0.2, 0.25) is 0 Å². The SMILES string of the molecule is C=C(C)C(=O)NCCCCCCCCCC#P=O. The maximum atomic E-state index is 11.2. The topological polar surface area (TPSA) is 46.2 Å². The fourth-order valence-electron chi connectivity index (χ4n) is 1.61. The van der Waals surface area contributed by atoms with E-state index >= 15 is 0 Å². The first-order valence-corrected chi connectivity index (χ1v) is 7.48. The van der Waals surface area contributed by atoms with Gasteiger partial charge in [-0.25, -0.2) is 0 Å². The molecule has 4 heteroatoms. The molecule has 1 amide bonds. The van der Waals surface area contributed by atoms with Crippen LogP contribution in [0.5, 0.6) is 0 Å². The van der Waals surface area contributed by atoms with Crippen LogP contribution in [-0.2, 0) is 9.36 Å². The Balaban J connectivity index is 3.16. The van der Waals surface area contributed by atoms with E-state index in [1.54, 1.807) is 6.92 Å². The number of rotatable bonds is 10. The van der Waals surface area contributed by atoms with Gasteiger partial charge in [0.15, 0.2) is 0 Å². The molecule has 18 heavy (non-hydrogen) atoms. The van der Waals surface area contributed by atoms with Crippen molar-refractivity contribution in [3.8, 4) is 5.63 Å². The van der Waals surface area contributed by atoms with Crippen LogP contribution in [0.25, 0.3) is 0 Å². The van der Waals surface area contributed by atoms with Crippen LogP contribution < -0.4 is 5.32 Å². The second kappa shape index (κ2) is 12.7. The van der Waals surface area contributed by atoms with Crippen molar-refractivity contribution in [3.05, 3.63) is 12.2 Å². The molecule has 0 aliphatic rings. The molecule has 0 aromatic carbocycles. The molecule has 0 saturated carbocycles. The van der Waals surface area contributed by atoms with E-state index in [1.165, 1.54) is 25.7 Å². The maximum absolute atomic E-state index is 11.2. The Labute approximate surface area is 112 Å². The number of carbonyl (C=O) groups excluding carboxylic acids is 1. The van der Waals surface area contributed by atoms with E-state index in [-0.39, 0.29) is 13.8 Å². The van der Waals surface area contributed by atoms with Gasteiger partial charge in [0.1, 0.15) is 0 Å². The quantitative estimate of drug-likeness (QED) is 0.369. The van der Waals surface area contributed by atoms with Crippen LogP contribution in [0.1, 0.15) is 58.3 Å². The Bertz CT molecular complexity index is 346. The molecule has 0 unspecified atom stereocenters. The van der Waals surface area contributed by atoms with Crippen LogP contribution in [0.15, 0.2) is 12.2 Å². The molecule has 0 spiro atoms. The molecule has 0 fully saturated rings. The molecule has 0 aromatic rings. The summed E-state index contributed by atoms with van der Waals surface area (Å²) in [4.78, 5) is 11.2. The second-order valence-corrected chi connectivity index (χ2v) is 5.01. The Morgan fingerprint density at radius 3 is 2.22 bits per heavy atom. The normalized spacial score (nSPS) is 9.61. The van der Waals surface area contributed by atoms with E-state index in [4.69, 9.17) is 0 Å². The van der Waals surface area contributed by atoms with Crippen LogP contribution >= 0.6 is 7.92 Å². The van der Waals surface area contributed by atoms with Gasteiger partial charge in [-0.15, -0.1) is 0 Å². The number of carbonyl (C=O) groups is 1. The van der Waals surface area contributed by atoms with Gasteiger partial charge in [0.2, 0.25) is 0 Å². The molecule has 102 valence electrons. The molecular formula is C14H24NO2P. The van der Waals surface area contributed by atoms with Crippen molar-refractivity contribution in [3.63, 3.8) is 0 Å². The minimum atomic E-state index is -0.0415. The van der Waals surface area contributed by atoms with Gasteiger partial charge >= 0.3 is 87.2 Å². The molecule has 0 radical (unpaired) electrons. The van der Waals surface area contributed by atoms with Crippen LogP contribution in [-0.4, -0.2) is 12.5 Å². The third-order valence-corrected chi connectivity index (χ3v) is 3.06. The van der Waals surface area contributed by atoms with E-state index in [9.17, 15) is 9.36 Å². The number of hydrogen-bond acceptors (Lipinski definition) is 2. The summed E-state index contributed by atoms with van der Waals surface area (Å²) in [6.45, 7) is 6.05. The summed E-state index contributed by atoms with van der Waals surface area (Å²) < 4.78 is 10.1. The van der Waals surface area contributed by atoms with Crippen molar-refractivity contribution in [2.75, 3.05) is 6.54 Å². The van der Waals surface area contributed by atoms with Crippen molar-refractivity contribution in [2.24, 2.45) is 0 Å². The summed E-state index contributed by atoms with van der Waals surface area (Å²) in [5.41, 5.74) is 3.33. The third kappa shape index (κ3) is 11.7. The van der Waals surface area contributed by atoms with E-state index in [0.29, 0.717) is 5.57 Å². The van der Waals surface area contributed by atoms with E-state index in [1.807, 2.05) is 0 Å². The number of unbranched alkanes of at least 4 members (excludes halogenated alkanes) is 7. The zero-order valence-electron chi connectivity index (χ0n) is 11.3. The van der Waals surface area contributed by atoms with Crippen LogP contribution in [0.4, 0.5) is 0 Å². The monoisotopic (exact) mass is 269 g/mol. The van der Waals surface area contributed by atoms with Crippen LogP contribution in [0.3, 0.4) is 0 Å². The minimum absolute atomic E-state index is 0.0337. The van der Waals surface area contributed by atoms with Crippen molar-refractivity contribution in [2.45, 2.75) is 58.3 Å². The first kappa shape index (κ1) is 17.2. The molecule has 3 nitrogen and oxygen atoms in total. The zero-order chi connectivity index (χ0) is 13.6. The van der Waals surface area contributed by atoms with Gasteiger partial charge in [0.05, 0.1) is 0 Å². The summed E-state index contributed by atoms with van der Waals surface area (Å²) in [6.07, 6.45) is 9.00. The molecule has 0 heterocycles. The number of hydrogen-bond donors (Lipinski definition) is 1. The standard InChI is InChI=1S/C14H24NO2P/c1-13(2)14(16)15-11-9-7-5-3-4-6-8-10-12-18-17/h1,3-11H2,2H3,(H,15,16). The van der Waals surface area contributed by atoms with E-state index < -0.39 is 0 Å². The number of amides is 1. The molecule has 0 atom stereocenters. The van der Waals surface area contributed by atoms with Crippen molar-refractivity contribution in [1.82, 2.24) is 5.32 Å². The Morgan fingerprint density at radius 2 is 1.67 bits per heavy atom. The average Bonchev–Trinajstić information content (AvgIpc) is 2.35. The summed E-state index contributed by atoms with van der Waals surface area (Å²) in [5.74, 6) is -0.0415. The van der Waals surface area contributed by atoms with Crippen molar-refractivity contribution >= 4 is 13.8 Å². The van der Waals surface area contributed by atoms with Gasteiger partial charge in [-0.05, 0) is 6.92 Å². The second-order valence-electron chi connectivity index (χ2n) is 4.51. The van der Waals surface area contributed by atoms with Crippen LogP contribution in [0, 0.1) is 5.63 Å². The Hall–Kier alpha value is -0.780. The summed E-state index contributed by atoms with van der Waals surface area (Å²) in [7, 11) is 0.0337. The summed E-state index contributed by atoms with van der Waals surface area (Å²) >= 11 is 0. The van der Waals surface area contributed by atoms with E-state index in [0.717, 1.165) is 32.2 Å².